The maximum absolute atomic E-state index is 12.0. The lowest BCUT2D eigenvalue weighted by atomic mass is 10.0. The summed E-state index contributed by atoms with van der Waals surface area (Å²) in [5, 5.41) is 21.1. The molecular weight excluding hydrogens is 266 g/mol. The lowest BCUT2D eigenvalue weighted by molar-refractivity contribution is -0.169. The Hall–Kier alpha value is -1.34. The number of hydrogen-bond acceptors (Lipinski definition) is 6. The highest BCUT2D eigenvalue weighted by Crippen LogP contribution is 2.22. The van der Waals surface area contributed by atoms with Gasteiger partial charge in [0.15, 0.2) is 5.54 Å². The molecule has 20 heavy (non-hydrogen) atoms. The Kier molecular flexibility index (Phi) is 5.57. The third-order valence-corrected chi connectivity index (χ3v) is 2.15. The van der Waals surface area contributed by atoms with Gasteiger partial charge in [0.05, 0.1) is 6.61 Å². The first-order valence-corrected chi connectivity index (χ1v) is 6.27. The minimum atomic E-state index is -2.05. The Labute approximate surface area is 119 Å². The maximum Gasteiger partial charge on any atom is 0.400 e. The number of aliphatic hydroxyl groups is 1. The molecule has 0 bridgehead atoms. The SMILES string of the molecule is CC(C)(C)OC(=O)N([O-])[C@@](C)(CO)C(=O)OC(C)(C)C. The average molecular weight is 290 g/mol. The van der Waals surface area contributed by atoms with E-state index >= 15 is 0 Å². The fraction of sp³-hybridized carbons (Fsp3) is 0.846. The van der Waals surface area contributed by atoms with E-state index in [9.17, 15) is 19.9 Å². The number of hydroxylamine groups is 2. The van der Waals surface area contributed by atoms with E-state index in [1.807, 2.05) is 0 Å². The summed E-state index contributed by atoms with van der Waals surface area (Å²) >= 11 is 0. The van der Waals surface area contributed by atoms with Crippen molar-refractivity contribution in [3.63, 3.8) is 0 Å². The Morgan fingerprint density at radius 1 is 1.00 bits per heavy atom. The summed E-state index contributed by atoms with van der Waals surface area (Å²) in [4.78, 5) is 23.7. The second-order valence-electron chi connectivity index (χ2n) is 6.71. The van der Waals surface area contributed by atoms with Gasteiger partial charge in [-0.1, -0.05) is 0 Å². The summed E-state index contributed by atoms with van der Waals surface area (Å²) < 4.78 is 9.93. The third kappa shape index (κ3) is 5.34. The van der Waals surface area contributed by atoms with E-state index in [1.54, 1.807) is 41.5 Å². The van der Waals surface area contributed by atoms with E-state index in [2.05, 4.69) is 0 Å². The molecule has 118 valence electrons. The van der Waals surface area contributed by atoms with Crippen molar-refractivity contribution in [2.75, 3.05) is 6.61 Å². The molecule has 0 rings (SSSR count). The molecule has 0 aromatic heterocycles. The zero-order chi connectivity index (χ0) is 16.4. The molecular formula is C13H24NO6-. The van der Waals surface area contributed by atoms with Crippen molar-refractivity contribution in [3.8, 4) is 0 Å². The number of nitrogens with zero attached hydrogens (tertiary/aromatic N) is 1. The van der Waals surface area contributed by atoms with Gasteiger partial charge in [-0.15, -0.1) is 0 Å². The first kappa shape index (κ1) is 18.7. The third-order valence-electron chi connectivity index (χ3n) is 2.15. The largest absolute Gasteiger partial charge is 0.753 e. The van der Waals surface area contributed by atoms with Gasteiger partial charge in [-0.3, -0.25) is 0 Å². The van der Waals surface area contributed by atoms with Gasteiger partial charge in [-0.05, 0) is 48.5 Å². The van der Waals surface area contributed by atoms with Crippen molar-refractivity contribution < 1.29 is 24.2 Å². The number of rotatable bonds is 3. The van der Waals surface area contributed by atoms with Gasteiger partial charge >= 0.3 is 12.1 Å². The summed E-state index contributed by atoms with van der Waals surface area (Å²) in [6, 6.07) is 0. The van der Waals surface area contributed by atoms with Crippen LogP contribution in [0.25, 0.3) is 0 Å². The van der Waals surface area contributed by atoms with Gasteiger partial charge in [0.1, 0.15) is 11.2 Å². The van der Waals surface area contributed by atoms with Crippen LogP contribution >= 0.6 is 0 Å². The van der Waals surface area contributed by atoms with E-state index < -0.39 is 35.4 Å². The predicted octanol–water partition coefficient (Wildman–Crippen LogP) is 1.81. The lowest BCUT2D eigenvalue weighted by Crippen LogP contribution is -2.57. The summed E-state index contributed by atoms with van der Waals surface area (Å²) in [7, 11) is 0. The Morgan fingerprint density at radius 2 is 1.40 bits per heavy atom. The molecule has 0 saturated carbocycles. The number of esters is 1. The van der Waals surface area contributed by atoms with Crippen LogP contribution in [0.1, 0.15) is 48.5 Å². The van der Waals surface area contributed by atoms with Crippen molar-refractivity contribution in [2.45, 2.75) is 65.2 Å². The van der Waals surface area contributed by atoms with Crippen LogP contribution in [0.4, 0.5) is 4.79 Å². The number of ether oxygens (including phenoxy) is 2. The molecule has 0 radical (unpaired) electrons. The summed E-state index contributed by atoms with van der Waals surface area (Å²) in [6.45, 7) is 9.86. The Balaban J connectivity index is 5.13. The quantitative estimate of drug-likeness (QED) is 0.628. The predicted molar refractivity (Wildman–Crippen MR) is 72.8 cm³/mol. The van der Waals surface area contributed by atoms with Crippen LogP contribution in [-0.4, -0.2) is 45.6 Å². The van der Waals surface area contributed by atoms with Gasteiger partial charge in [-0.2, -0.15) is 0 Å². The zero-order valence-electron chi connectivity index (χ0n) is 13.1. The van der Waals surface area contributed by atoms with Crippen LogP contribution in [0, 0.1) is 5.21 Å². The molecule has 0 aliphatic rings. The van der Waals surface area contributed by atoms with E-state index in [1.165, 1.54) is 0 Å². The second kappa shape index (κ2) is 5.97. The molecule has 0 aromatic carbocycles. The molecule has 1 atom stereocenters. The molecule has 0 aromatic rings. The molecule has 1 amide bonds. The normalized spacial score (nSPS) is 15.2. The van der Waals surface area contributed by atoms with E-state index in [0.717, 1.165) is 6.92 Å². The van der Waals surface area contributed by atoms with E-state index in [0.29, 0.717) is 0 Å². The van der Waals surface area contributed by atoms with Crippen LogP contribution < -0.4 is 0 Å². The summed E-state index contributed by atoms with van der Waals surface area (Å²) in [6.07, 6.45) is -1.25. The second-order valence-corrected chi connectivity index (χ2v) is 6.71. The molecule has 0 fully saturated rings. The minimum absolute atomic E-state index is 0.188. The van der Waals surface area contributed by atoms with Crippen LogP contribution in [0.3, 0.4) is 0 Å². The highest BCUT2D eigenvalue weighted by atomic mass is 16.6. The summed E-state index contributed by atoms with van der Waals surface area (Å²) in [5.41, 5.74) is -3.78. The Morgan fingerprint density at radius 3 is 1.70 bits per heavy atom. The molecule has 0 aliphatic heterocycles. The molecule has 0 aliphatic carbocycles. The van der Waals surface area contributed by atoms with Gasteiger partial charge in [0, 0.05) is 0 Å². The molecule has 0 spiro atoms. The number of amides is 1. The number of hydrogen-bond donors (Lipinski definition) is 1. The van der Waals surface area contributed by atoms with Crippen LogP contribution in [-0.2, 0) is 14.3 Å². The molecule has 7 heteroatoms. The standard InChI is InChI=1S/C13H24NO6/c1-11(2,3)19-9(16)13(7,8-15)14(18)10(17)20-12(4,5)6/h15H,8H2,1-7H3/q-1/t13-/m0/s1. The van der Waals surface area contributed by atoms with Crippen molar-refractivity contribution in [2.24, 2.45) is 0 Å². The zero-order valence-corrected chi connectivity index (χ0v) is 13.1. The van der Waals surface area contributed by atoms with Crippen LogP contribution in [0.15, 0.2) is 0 Å². The first-order chi connectivity index (χ1) is 8.73. The van der Waals surface area contributed by atoms with E-state index in [-0.39, 0.29) is 5.06 Å². The average Bonchev–Trinajstić information content (AvgIpc) is 2.22. The van der Waals surface area contributed by atoms with Crippen LogP contribution in [0.2, 0.25) is 0 Å². The van der Waals surface area contributed by atoms with Crippen molar-refractivity contribution in [3.05, 3.63) is 5.21 Å². The highest BCUT2D eigenvalue weighted by molar-refractivity contribution is 5.86. The molecule has 0 heterocycles. The van der Waals surface area contributed by atoms with Crippen LogP contribution in [0.5, 0.6) is 0 Å². The van der Waals surface area contributed by atoms with Crippen molar-refractivity contribution >= 4 is 12.1 Å². The molecule has 1 N–H and O–H groups in total. The van der Waals surface area contributed by atoms with Gasteiger partial charge in [-0.25, -0.2) is 9.59 Å². The maximum atomic E-state index is 12.0. The smallest absolute Gasteiger partial charge is 0.400 e. The molecule has 0 saturated heterocycles. The fourth-order valence-corrected chi connectivity index (χ4v) is 1.10. The highest BCUT2D eigenvalue weighted by Gasteiger charge is 2.41. The first-order valence-electron chi connectivity index (χ1n) is 6.27. The number of carbonyl (C=O) groups is 2. The summed E-state index contributed by atoms with van der Waals surface area (Å²) in [5.74, 6) is -0.992. The van der Waals surface area contributed by atoms with Crippen molar-refractivity contribution in [1.82, 2.24) is 5.06 Å². The van der Waals surface area contributed by atoms with Gasteiger partial charge < -0.3 is 24.9 Å². The monoisotopic (exact) mass is 290 g/mol. The molecule has 0 unspecified atom stereocenters. The lowest BCUT2D eigenvalue weighted by Gasteiger charge is -2.43. The van der Waals surface area contributed by atoms with E-state index in [4.69, 9.17) is 9.47 Å². The van der Waals surface area contributed by atoms with Gasteiger partial charge in [0.25, 0.3) is 0 Å². The molecule has 7 nitrogen and oxygen atoms in total. The minimum Gasteiger partial charge on any atom is -0.753 e. The van der Waals surface area contributed by atoms with Crippen molar-refractivity contribution in [1.29, 1.82) is 0 Å². The number of carbonyl (C=O) groups excluding carboxylic acids is 2. The topological polar surface area (TPSA) is 99.1 Å². The Bertz CT molecular complexity index is 368. The number of aliphatic hydroxyl groups excluding tert-OH is 1. The van der Waals surface area contributed by atoms with Gasteiger partial charge in [0.2, 0.25) is 0 Å². The fourth-order valence-electron chi connectivity index (χ4n) is 1.10.